The largest absolute Gasteiger partial charge is 0.253 e. The highest BCUT2D eigenvalue weighted by Crippen LogP contribution is 2.23. The van der Waals surface area contributed by atoms with E-state index in [0.29, 0.717) is 10.0 Å². The highest BCUT2D eigenvalue weighted by molar-refractivity contribution is 6.42. The lowest BCUT2D eigenvalue weighted by molar-refractivity contribution is 0.626. The summed E-state index contributed by atoms with van der Waals surface area (Å²) >= 11 is 11.8. The van der Waals surface area contributed by atoms with Gasteiger partial charge in [0, 0.05) is 12.7 Å². The SMILES string of the molecule is CCn1cc(CCc2ccc(Cl)c(Cl)c2)nn1. The Labute approximate surface area is 110 Å². The minimum atomic E-state index is 0.590. The van der Waals surface area contributed by atoms with E-state index in [1.165, 1.54) is 0 Å². The highest BCUT2D eigenvalue weighted by atomic mass is 35.5. The molecule has 0 spiro atoms. The Morgan fingerprint density at radius 1 is 1.18 bits per heavy atom. The van der Waals surface area contributed by atoms with Crippen LogP contribution < -0.4 is 0 Å². The Balaban J connectivity index is 1.99. The quantitative estimate of drug-likeness (QED) is 0.852. The van der Waals surface area contributed by atoms with Gasteiger partial charge in [-0.25, -0.2) is 0 Å². The molecule has 0 fully saturated rings. The summed E-state index contributed by atoms with van der Waals surface area (Å²) in [6.45, 7) is 2.89. The van der Waals surface area contributed by atoms with Gasteiger partial charge in [-0.15, -0.1) is 5.10 Å². The zero-order valence-electron chi connectivity index (χ0n) is 9.53. The van der Waals surface area contributed by atoms with Crippen LogP contribution in [0.15, 0.2) is 24.4 Å². The first-order valence-corrected chi connectivity index (χ1v) is 6.27. The van der Waals surface area contributed by atoms with Crippen LogP contribution in [0, 0.1) is 0 Å². The molecular formula is C12H13Cl2N3. The van der Waals surface area contributed by atoms with Gasteiger partial charge in [-0.05, 0) is 37.5 Å². The molecule has 2 aromatic rings. The Kier molecular flexibility index (Phi) is 4.02. The van der Waals surface area contributed by atoms with Gasteiger partial charge < -0.3 is 0 Å². The first kappa shape index (κ1) is 12.4. The van der Waals surface area contributed by atoms with Crippen LogP contribution in [0.5, 0.6) is 0 Å². The number of halogens is 2. The van der Waals surface area contributed by atoms with Crippen LogP contribution in [0.1, 0.15) is 18.2 Å². The van der Waals surface area contributed by atoms with Crippen molar-refractivity contribution in [1.82, 2.24) is 15.0 Å². The van der Waals surface area contributed by atoms with E-state index < -0.39 is 0 Å². The molecule has 5 heteroatoms. The molecule has 1 aromatic carbocycles. The molecule has 0 aliphatic rings. The molecule has 17 heavy (non-hydrogen) atoms. The number of hydrogen-bond donors (Lipinski definition) is 0. The number of rotatable bonds is 4. The number of aromatic nitrogens is 3. The topological polar surface area (TPSA) is 30.7 Å². The molecule has 0 radical (unpaired) electrons. The van der Waals surface area contributed by atoms with Gasteiger partial charge >= 0.3 is 0 Å². The van der Waals surface area contributed by atoms with Crippen molar-refractivity contribution in [3.05, 3.63) is 45.7 Å². The third-order valence-electron chi connectivity index (χ3n) is 2.56. The predicted molar refractivity (Wildman–Crippen MR) is 69.6 cm³/mol. The van der Waals surface area contributed by atoms with Gasteiger partial charge in [0.1, 0.15) is 0 Å². The summed E-state index contributed by atoms with van der Waals surface area (Å²) in [6.07, 6.45) is 3.72. The summed E-state index contributed by atoms with van der Waals surface area (Å²) < 4.78 is 1.82. The molecule has 3 nitrogen and oxygen atoms in total. The maximum absolute atomic E-state index is 5.96. The summed E-state index contributed by atoms with van der Waals surface area (Å²) in [5.41, 5.74) is 2.16. The Morgan fingerprint density at radius 2 is 2.00 bits per heavy atom. The normalized spacial score (nSPS) is 10.8. The second-order valence-corrected chi connectivity index (χ2v) is 4.63. The zero-order valence-corrected chi connectivity index (χ0v) is 11.0. The van der Waals surface area contributed by atoms with Crippen LogP contribution in [0.25, 0.3) is 0 Å². The molecular weight excluding hydrogens is 257 g/mol. The summed E-state index contributed by atoms with van der Waals surface area (Å²) in [6, 6.07) is 5.70. The van der Waals surface area contributed by atoms with Gasteiger partial charge in [-0.3, -0.25) is 4.68 Å². The molecule has 0 bridgehead atoms. The van der Waals surface area contributed by atoms with Crippen LogP contribution in [0.2, 0.25) is 10.0 Å². The van der Waals surface area contributed by atoms with Crippen molar-refractivity contribution in [1.29, 1.82) is 0 Å². The van der Waals surface area contributed by atoms with E-state index in [0.717, 1.165) is 30.6 Å². The van der Waals surface area contributed by atoms with Crippen LogP contribution in [0.3, 0.4) is 0 Å². The van der Waals surface area contributed by atoms with E-state index in [-0.39, 0.29) is 0 Å². The number of hydrogen-bond acceptors (Lipinski definition) is 2. The van der Waals surface area contributed by atoms with Crippen molar-refractivity contribution < 1.29 is 0 Å². The molecule has 0 aliphatic carbocycles. The molecule has 0 saturated heterocycles. The Hall–Kier alpha value is -1.06. The summed E-state index contributed by atoms with van der Waals surface area (Å²) in [5.74, 6) is 0. The lowest BCUT2D eigenvalue weighted by Gasteiger charge is -2.01. The van der Waals surface area contributed by atoms with Crippen molar-refractivity contribution in [3.8, 4) is 0 Å². The minimum Gasteiger partial charge on any atom is -0.253 e. The van der Waals surface area contributed by atoms with Gasteiger partial charge in [-0.1, -0.05) is 34.5 Å². The van der Waals surface area contributed by atoms with Gasteiger partial charge in [0.25, 0.3) is 0 Å². The molecule has 2 rings (SSSR count). The third kappa shape index (κ3) is 3.20. The summed E-state index contributed by atoms with van der Waals surface area (Å²) in [7, 11) is 0. The first-order chi connectivity index (χ1) is 8.19. The van der Waals surface area contributed by atoms with E-state index >= 15 is 0 Å². The van der Waals surface area contributed by atoms with Gasteiger partial charge in [0.2, 0.25) is 0 Å². The predicted octanol–water partition coefficient (Wildman–Crippen LogP) is 3.39. The maximum atomic E-state index is 5.96. The highest BCUT2D eigenvalue weighted by Gasteiger charge is 2.03. The molecule has 0 aliphatic heterocycles. The van der Waals surface area contributed by atoms with Crippen molar-refractivity contribution >= 4 is 23.2 Å². The van der Waals surface area contributed by atoms with E-state index in [4.69, 9.17) is 23.2 Å². The molecule has 90 valence electrons. The van der Waals surface area contributed by atoms with Crippen LogP contribution in [-0.4, -0.2) is 15.0 Å². The Bertz CT molecular complexity index is 508. The van der Waals surface area contributed by atoms with Crippen molar-refractivity contribution in [2.45, 2.75) is 26.3 Å². The number of aryl methyl sites for hydroxylation is 3. The molecule has 1 aromatic heterocycles. The van der Waals surface area contributed by atoms with Crippen molar-refractivity contribution in [2.75, 3.05) is 0 Å². The van der Waals surface area contributed by atoms with E-state index in [2.05, 4.69) is 10.3 Å². The molecule has 0 unspecified atom stereocenters. The monoisotopic (exact) mass is 269 g/mol. The fourth-order valence-corrected chi connectivity index (χ4v) is 1.90. The van der Waals surface area contributed by atoms with Gasteiger partial charge in [0.05, 0.1) is 15.7 Å². The minimum absolute atomic E-state index is 0.590. The zero-order chi connectivity index (χ0) is 12.3. The van der Waals surface area contributed by atoms with Crippen LogP contribution >= 0.6 is 23.2 Å². The fourth-order valence-electron chi connectivity index (χ4n) is 1.58. The third-order valence-corrected chi connectivity index (χ3v) is 3.30. The van der Waals surface area contributed by atoms with E-state index in [9.17, 15) is 0 Å². The lowest BCUT2D eigenvalue weighted by Crippen LogP contribution is -1.93. The van der Waals surface area contributed by atoms with Crippen LogP contribution in [0.4, 0.5) is 0 Å². The average molecular weight is 270 g/mol. The van der Waals surface area contributed by atoms with Gasteiger partial charge in [0.15, 0.2) is 0 Å². The Morgan fingerprint density at radius 3 is 2.65 bits per heavy atom. The smallest absolute Gasteiger partial charge is 0.0830 e. The van der Waals surface area contributed by atoms with Crippen LogP contribution in [-0.2, 0) is 19.4 Å². The second kappa shape index (κ2) is 5.52. The second-order valence-electron chi connectivity index (χ2n) is 3.81. The lowest BCUT2D eigenvalue weighted by atomic mass is 10.1. The first-order valence-electron chi connectivity index (χ1n) is 5.52. The number of benzene rings is 1. The van der Waals surface area contributed by atoms with E-state index in [1.807, 2.05) is 36.0 Å². The summed E-state index contributed by atoms with van der Waals surface area (Å²) in [5, 5.41) is 9.28. The van der Waals surface area contributed by atoms with Gasteiger partial charge in [-0.2, -0.15) is 0 Å². The average Bonchev–Trinajstić information content (AvgIpc) is 2.79. The standard InChI is InChI=1S/C12H13Cl2N3/c1-2-17-8-10(15-16-17)5-3-9-4-6-11(13)12(14)7-9/h4,6-8H,2-3,5H2,1H3. The van der Waals surface area contributed by atoms with Crippen molar-refractivity contribution in [3.63, 3.8) is 0 Å². The molecule has 0 amide bonds. The molecule has 0 atom stereocenters. The summed E-state index contributed by atoms with van der Waals surface area (Å²) in [4.78, 5) is 0. The number of nitrogens with zero attached hydrogens (tertiary/aromatic N) is 3. The van der Waals surface area contributed by atoms with E-state index in [1.54, 1.807) is 0 Å². The molecule has 0 N–H and O–H groups in total. The molecule has 0 saturated carbocycles. The maximum Gasteiger partial charge on any atom is 0.0830 e. The van der Waals surface area contributed by atoms with Crippen molar-refractivity contribution in [2.24, 2.45) is 0 Å². The fraction of sp³-hybridized carbons (Fsp3) is 0.333. The molecule has 1 heterocycles.